The van der Waals surface area contributed by atoms with Crippen LogP contribution in [0, 0.1) is 0 Å². The van der Waals surface area contributed by atoms with Gasteiger partial charge in [0.15, 0.2) is 0 Å². The van der Waals surface area contributed by atoms with Crippen molar-refractivity contribution in [3.8, 4) is 0 Å². The van der Waals surface area contributed by atoms with Crippen LogP contribution in [0.15, 0.2) is 46.2 Å². The molecule has 5 nitrogen and oxygen atoms in total. The number of amides is 1. The molecule has 1 aliphatic heterocycles. The van der Waals surface area contributed by atoms with Gasteiger partial charge in [-0.25, -0.2) is 9.97 Å². The number of carbonyl (C=O) groups is 1. The predicted molar refractivity (Wildman–Crippen MR) is 102 cm³/mol. The minimum Gasteiger partial charge on any atom is -0.356 e. The molecule has 1 saturated heterocycles. The minimum atomic E-state index is -0.0412. The standard InChI is InChI=1S/C17H19BrN4OS/c18-13-4-6-14(7-5-13)21-16(23)11-24-17-10-15(19-12-20-17)22-8-2-1-3-9-22/h4-7,10,12H,1-3,8-9,11H2,(H,21,23). The van der Waals surface area contributed by atoms with E-state index in [0.717, 1.165) is 34.1 Å². The highest BCUT2D eigenvalue weighted by Crippen LogP contribution is 2.22. The van der Waals surface area contributed by atoms with Crippen LogP contribution in [0.4, 0.5) is 11.5 Å². The number of anilines is 2. The van der Waals surface area contributed by atoms with Gasteiger partial charge in [-0.3, -0.25) is 4.79 Å². The molecule has 1 amide bonds. The summed E-state index contributed by atoms with van der Waals surface area (Å²) in [5.41, 5.74) is 0.792. The summed E-state index contributed by atoms with van der Waals surface area (Å²) in [5, 5.41) is 3.71. The zero-order valence-corrected chi connectivity index (χ0v) is 15.6. The molecule has 126 valence electrons. The third kappa shape index (κ3) is 4.95. The Morgan fingerprint density at radius 2 is 1.92 bits per heavy atom. The van der Waals surface area contributed by atoms with E-state index < -0.39 is 0 Å². The Morgan fingerprint density at radius 3 is 2.67 bits per heavy atom. The molecular weight excluding hydrogens is 388 g/mol. The second-order valence-corrected chi connectivity index (χ2v) is 7.52. The van der Waals surface area contributed by atoms with Crippen molar-refractivity contribution in [3.05, 3.63) is 41.1 Å². The van der Waals surface area contributed by atoms with Gasteiger partial charge < -0.3 is 10.2 Å². The highest BCUT2D eigenvalue weighted by molar-refractivity contribution is 9.10. The first-order valence-corrected chi connectivity index (χ1v) is 9.74. The first-order valence-electron chi connectivity index (χ1n) is 7.96. The third-order valence-corrected chi connectivity index (χ3v) is 5.24. The highest BCUT2D eigenvalue weighted by atomic mass is 79.9. The van der Waals surface area contributed by atoms with Crippen LogP contribution in [0.2, 0.25) is 0 Å². The Labute approximate surface area is 154 Å². The fourth-order valence-electron chi connectivity index (χ4n) is 2.57. The van der Waals surface area contributed by atoms with Gasteiger partial charge in [-0.1, -0.05) is 27.7 Å². The number of hydrogen-bond donors (Lipinski definition) is 1. The third-order valence-electron chi connectivity index (χ3n) is 3.79. The van der Waals surface area contributed by atoms with E-state index in [1.54, 1.807) is 6.33 Å². The predicted octanol–water partition coefficient (Wildman–Crippen LogP) is 3.96. The van der Waals surface area contributed by atoms with E-state index in [1.807, 2.05) is 30.3 Å². The number of piperidine rings is 1. The molecule has 3 rings (SSSR count). The van der Waals surface area contributed by atoms with E-state index >= 15 is 0 Å². The maximum absolute atomic E-state index is 12.1. The smallest absolute Gasteiger partial charge is 0.234 e. The zero-order chi connectivity index (χ0) is 16.8. The van der Waals surface area contributed by atoms with Crippen LogP contribution in [-0.4, -0.2) is 34.7 Å². The van der Waals surface area contributed by atoms with Crippen molar-refractivity contribution in [1.29, 1.82) is 0 Å². The monoisotopic (exact) mass is 406 g/mol. The van der Waals surface area contributed by atoms with Gasteiger partial charge in [0.1, 0.15) is 17.2 Å². The number of carbonyl (C=O) groups excluding carboxylic acids is 1. The number of hydrogen-bond acceptors (Lipinski definition) is 5. The summed E-state index contributed by atoms with van der Waals surface area (Å²) >= 11 is 4.81. The lowest BCUT2D eigenvalue weighted by Gasteiger charge is -2.27. The van der Waals surface area contributed by atoms with E-state index in [0.29, 0.717) is 5.75 Å². The molecule has 1 aliphatic rings. The molecule has 7 heteroatoms. The van der Waals surface area contributed by atoms with Crippen LogP contribution in [0.1, 0.15) is 19.3 Å². The van der Waals surface area contributed by atoms with Crippen LogP contribution in [0.25, 0.3) is 0 Å². The molecule has 1 fully saturated rings. The average Bonchev–Trinajstić information content (AvgIpc) is 2.63. The van der Waals surface area contributed by atoms with Crippen molar-refractivity contribution in [2.24, 2.45) is 0 Å². The molecule has 0 aliphatic carbocycles. The largest absolute Gasteiger partial charge is 0.356 e. The number of thioether (sulfide) groups is 1. The lowest BCUT2D eigenvalue weighted by atomic mass is 10.1. The van der Waals surface area contributed by atoms with Gasteiger partial charge in [0, 0.05) is 29.3 Å². The average molecular weight is 407 g/mol. The molecule has 0 atom stereocenters. The summed E-state index contributed by atoms with van der Waals surface area (Å²) in [4.78, 5) is 23.0. The maximum atomic E-state index is 12.1. The topological polar surface area (TPSA) is 58.1 Å². The van der Waals surface area contributed by atoms with Crippen molar-refractivity contribution in [3.63, 3.8) is 0 Å². The lowest BCUT2D eigenvalue weighted by Crippen LogP contribution is -2.30. The first kappa shape index (κ1) is 17.2. The lowest BCUT2D eigenvalue weighted by molar-refractivity contribution is -0.113. The molecule has 0 saturated carbocycles. The van der Waals surface area contributed by atoms with Crippen molar-refractivity contribution in [2.75, 3.05) is 29.1 Å². The van der Waals surface area contributed by atoms with Gasteiger partial charge in [0.05, 0.1) is 5.75 Å². The Kier molecular flexibility index (Phi) is 6.09. The first-order chi connectivity index (χ1) is 11.7. The fraction of sp³-hybridized carbons (Fsp3) is 0.353. The second kappa shape index (κ2) is 8.48. The normalized spacial score (nSPS) is 14.5. The fourth-order valence-corrected chi connectivity index (χ4v) is 3.50. The highest BCUT2D eigenvalue weighted by Gasteiger charge is 2.13. The molecule has 1 N–H and O–H groups in total. The SMILES string of the molecule is O=C(CSc1cc(N2CCCCC2)ncn1)Nc1ccc(Br)cc1. The van der Waals surface area contributed by atoms with Crippen molar-refractivity contribution >= 4 is 45.1 Å². The van der Waals surface area contributed by atoms with Crippen molar-refractivity contribution in [1.82, 2.24) is 9.97 Å². The molecular formula is C17H19BrN4OS. The number of halogens is 1. The van der Waals surface area contributed by atoms with Gasteiger partial charge in [-0.2, -0.15) is 0 Å². The number of aromatic nitrogens is 2. The molecule has 2 heterocycles. The number of nitrogens with one attached hydrogen (secondary N) is 1. The Morgan fingerprint density at radius 1 is 1.17 bits per heavy atom. The Bertz CT molecular complexity index is 689. The van der Waals surface area contributed by atoms with Gasteiger partial charge in [-0.05, 0) is 43.5 Å². The van der Waals surface area contributed by atoms with Crippen LogP contribution in [0.5, 0.6) is 0 Å². The van der Waals surface area contributed by atoms with Crippen LogP contribution in [-0.2, 0) is 4.79 Å². The second-order valence-electron chi connectivity index (χ2n) is 5.61. The van der Waals surface area contributed by atoms with Crippen LogP contribution in [0.3, 0.4) is 0 Å². The molecule has 0 bridgehead atoms. The van der Waals surface area contributed by atoms with Crippen LogP contribution < -0.4 is 10.2 Å². The summed E-state index contributed by atoms with van der Waals surface area (Å²) in [6.45, 7) is 2.09. The van der Waals surface area contributed by atoms with Crippen LogP contribution >= 0.6 is 27.7 Å². The maximum Gasteiger partial charge on any atom is 0.234 e. The van der Waals surface area contributed by atoms with E-state index in [2.05, 4.69) is 36.1 Å². The Balaban J connectivity index is 1.54. The summed E-state index contributed by atoms with van der Waals surface area (Å²) in [7, 11) is 0. The number of benzene rings is 1. The molecule has 1 aromatic carbocycles. The van der Waals surface area contributed by atoms with Crippen molar-refractivity contribution < 1.29 is 4.79 Å². The van der Waals surface area contributed by atoms with Gasteiger partial charge in [-0.15, -0.1) is 0 Å². The quantitative estimate of drug-likeness (QED) is 0.601. The molecule has 24 heavy (non-hydrogen) atoms. The van der Waals surface area contributed by atoms with E-state index in [1.165, 1.54) is 31.0 Å². The summed E-state index contributed by atoms with van der Waals surface area (Å²) < 4.78 is 0.987. The van der Waals surface area contributed by atoms with Gasteiger partial charge in [0.2, 0.25) is 5.91 Å². The Hall–Kier alpha value is -1.60. The molecule has 0 unspecified atom stereocenters. The molecule has 0 radical (unpaired) electrons. The van der Waals surface area contributed by atoms with E-state index in [9.17, 15) is 4.79 Å². The molecule has 0 spiro atoms. The summed E-state index contributed by atoms with van der Waals surface area (Å²) in [6.07, 6.45) is 5.29. The van der Waals surface area contributed by atoms with Gasteiger partial charge in [0.25, 0.3) is 0 Å². The molecule has 1 aromatic heterocycles. The zero-order valence-electron chi connectivity index (χ0n) is 13.2. The summed E-state index contributed by atoms with van der Waals surface area (Å²) in [5.74, 6) is 1.24. The number of nitrogens with zero attached hydrogens (tertiary/aromatic N) is 3. The van der Waals surface area contributed by atoms with Crippen molar-refractivity contribution in [2.45, 2.75) is 24.3 Å². The number of rotatable bonds is 5. The van der Waals surface area contributed by atoms with E-state index in [4.69, 9.17) is 0 Å². The molecule has 2 aromatic rings. The van der Waals surface area contributed by atoms with Gasteiger partial charge >= 0.3 is 0 Å². The minimum absolute atomic E-state index is 0.0412. The summed E-state index contributed by atoms with van der Waals surface area (Å²) in [6, 6.07) is 9.51. The van der Waals surface area contributed by atoms with E-state index in [-0.39, 0.29) is 5.91 Å².